The first-order valence-electron chi connectivity index (χ1n) is 7.52. The maximum Gasteiger partial charge on any atom is 0.306 e. The van der Waals surface area contributed by atoms with Crippen molar-refractivity contribution < 1.29 is 14.7 Å². The third-order valence-electron chi connectivity index (χ3n) is 3.87. The summed E-state index contributed by atoms with van der Waals surface area (Å²) in [5.41, 5.74) is 0. The summed E-state index contributed by atoms with van der Waals surface area (Å²) in [6.07, 6.45) is 4.40. The second kappa shape index (κ2) is 7.62. The second-order valence-corrected chi connectivity index (χ2v) is 6.80. The standard InChI is InChI=1S/C14H22N4O3S/c1-9(2)18-8-15-17-14(18)22-7-12(19)16-11-5-3-10(4-6-11)13(20)21/h8-11H,3-7H2,1-2H3,(H,16,19)(H,20,21). The Kier molecular flexibility index (Phi) is 5.82. The van der Waals surface area contributed by atoms with Crippen LogP contribution in [-0.2, 0) is 9.59 Å². The Labute approximate surface area is 133 Å². The molecule has 22 heavy (non-hydrogen) atoms. The minimum Gasteiger partial charge on any atom is -0.481 e. The van der Waals surface area contributed by atoms with Crippen LogP contribution in [0.3, 0.4) is 0 Å². The lowest BCUT2D eigenvalue weighted by molar-refractivity contribution is -0.142. The van der Waals surface area contributed by atoms with Crippen molar-refractivity contribution in [2.45, 2.75) is 56.8 Å². The number of carboxylic acid groups (broad SMARTS) is 1. The van der Waals surface area contributed by atoms with E-state index in [1.54, 1.807) is 6.33 Å². The molecule has 0 aromatic carbocycles. The largest absolute Gasteiger partial charge is 0.481 e. The van der Waals surface area contributed by atoms with E-state index in [4.69, 9.17) is 5.11 Å². The van der Waals surface area contributed by atoms with Gasteiger partial charge in [-0.2, -0.15) is 0 Å². The Morgan fingerprint density at radius 1 is 1.41 bits per heavy atom. The van der Waals surface area contributed by atoms with Crippen LogP contribution in [0.5, 0.6) is 0 Å². The van der Waals surface area contributed by atoms with Gasteiger partial charge in [0.05, 0.1) is 11.7 Å². The highest BCUT2D eigenvalue weighted by molar-refractivity contribution is 7.99. The topological polar surface area (TPSA) is 97.1 Å². The average Bonchev–Trinajstić information content (AvgIpc) is 2.94. The average molecular weight is 326 g/mol. The zero-order valence-corrected chi connectivity index (χ0v) is 13.7. The van der Waals surface area contributed by atoms with Gasteiger partial charge in [-0.3, -0.25) is 9.59 Å². The van der Waals surface area contributed by atoms with Crippen LogP contribution in [-0.4, -0.2) is 43.5 Å². The van der Waals surface area contributed by atoms with E-state index in [-0.39, 0.29) is 23.9 Å². The van der Waals surface area contributed by atoms with Crippen LogP contribution in [0.15, 0.2) is 11.5 Å². The highest BCUT2D eigenvalue weighted by atomic mass is 32.2. The maximum atomic E-state index is 12.0. The van der Waals surface area contributed by atoms with Crippen molar-refractivity contribution in [2.75, 3.05) is 5.75 Å². The Bertz CT molecular complexity index is 524. The molecule has 2 rings (SSSR count). The molecule has 0 bridgehead atoms. The van der Waals surface area contributed by atoms with Crippen LogP contribution in [0.1, 0.15) is 45.6 Å². The van der Waals surface area contributed by atoms with Gasteiger partial charge in [0.2, 0.25) is 5.91 Å². The van der Waals surface area contributed by atoms with Gasteiger partial charge in [0.15, 0.2) is 5.16 Å². The van der Waals surface area contributed by atoms with Crippen LogP contribution in [0.2, 0.25) is 0 Å². The van der Waals surface area contributed by atoms with Gasteiger partial charge < -0.3 is 15.0 Å². The normalized spacial score (nSPS) is 21.8. The van der Waals surface area contributed by atoms with Gasteiger partial charge in [-0.1, -0.05) is 11.8 Å². The first kappa shape index (κ1) is 16.8. The molecule has 0 aliphatic heterocycles. The lowest BCUT2D eigenvalue weighted by Gasteiger charge is -2.26. The number of carbonyl (C=O) groups is 2. The van der Waals surface area contributed by atoms with Gasteiger partial charge in [0.1, 0.15) is 6.33 Å². The molecule has 0 atom stereocenters. The molecule has 0 radical (unpaired) electrons. The van der Waals surface area contributed by atoms with Crippen molar-refractivity contribution >= 4 is 23.6 Å². The van der Waals surface area contributed by atoms with Crippen molar-refractivity contribution in [2.24, 2.45) is 5.92 Å². The summed E-state index contributed by atoms with van der Waals surface area (Å²) in [5.74, 6) is -0.730. The van der Waals surface area contributed by atoms with Gasteiger partial charge in [-0.05, 0) is 39.5 Å². The van der Waals surface area contributed by atoms with Gasteiger partial charge >= 0.3 is 5.97 Å². The Morgan fingerprint density at radius 2 is 2.09 bits per heavy atom. The predicted molar refractivity (Wildman–Crippen MR) is 82.7 cm³/mol. The summed E-state index contributed by atoms with van der Waals surface area (Å²) < 4.78 is 1.93. The Hall–Kier alpha value is -1.57. The lowest BCUT2D eigenvalue weighted by Crippen LogP contribution is -2.39. The summed E-state index contributed by atoms with van der Waals surface area (Å²) in [4.78, 5) is 22.9. The Morgan fingerprint density at radius 3 is 2.68 bits per heavy atom. The number of nitrogens with zero attached hydrogens (tertiary/aromatic N) is 3. The molecule has 0 unspecified atom stereocenters. The number of rotatable bonds is 6. The van der Waals surface area contributed by atoms with E-state index in [9.17, 15) is 9.59 Å². The van der Waals surface area contributed by atoms with Crippen molar-refractivity contribution in [3.8, 4) is 0 Å². The fourth-order valence-electron chi connectivity index (χ4n) is 2.57. The molecular weight excluding hydrogens is 304 g/mol. The molecule has 1 aromatic heterocycles. The first-order chi connectivity index (χ1) is 10.5. The van der Waals surface area contributed by atoms with Gasteiger partial charge in [-0.25, -0.2) is 0 Å². The summed E-state index contributed by atoms with van der Waals surface area (Å²) in [6.45, 7) is 4.07. The minimum absolute atomic E-state index is 0.0397. The number of aliphatic carboxylic acids is 1. The van der Waals surface area contributed by atoms with Crippen LogP contribution < -0.4 is 5.32 Å². The molecule has 122 valence electrons. The molecule has 1 fully saturated rings. The lowest BCUT2D eigenvalue weighted by atomic mass is 9.86. The number of hydrogen-bond acceptors (Lipinski definition) is 5. The molecule has 8 heteroatoms. The predicted octanol–water partition coefficient (Wildman–Crippen LogP) is 1.71. The first-order valence-corrected chi connectivity index (χ1v) is 8.50. The van der Waals surface area contributed by atoms with Gasteiger partial charge in [0.25, 0.3) is 0 Å². The van der Waals surface area contributed by atoms with Crippen molar-refractivity contribution in [1.29, 1.82) is 0 Å². The molecule has 1 heterocycles. The summed E-state index contributed by atoms with van der Waals surface area (Å²) in [7, 11) is 0. The molecular formula is C14H22N4O3S. The number of amides is 1. The van der Waals surface area contributed by atoms with Crippen molar-refractivity contribution in [3.05, 3.63) is 6.33 Å². The number of hydrogen-bond donors (Lipinski definition) is 2. The number of nitrogens with one attached hydrogen (secondary N) is 1. The van der Waals surface area contributed by atoms with E-state index in [0.717, 1.165) is 18.0 Å². The molecule has 1 amide bonds. The monoisotopic (exact) mass is 326 g/mol. The van der Waals surface area contributed by atoms with E-state index in [0.29, 0.717) is 18.6 Å². The van der Waals surface area contributed by atoms with Crippen LogP contribution in [0, 0.1) is 5.92 Å². The minimum atomic E-state index is -0.728. The smallest absolute Gasteiger partial charge is 0.306 e. The second-order valence-electron chi connectivity index (χ2n) is 5.86. The molecule has 2 N–H and O–H groups in total. The van der Waals surface area contributed by atoms with E-state index in [2.05, 4.69) is 15.5 Å². The molecule has 1 aromatic rings. The van der Waals surface area contributed by atoms with E-state index in [1.807, 2.05) is 18.4 Å². The molecule has 7 nitrogen and oxygen atoms in total. The number of aromatic nitrogens is 3. The quantitative estimate of drug-likeness (QED) is 0.773. The molecule has 1 aliphatic rings. The summed E-state index contributed by atoms with van der Waals surface area (Å²) in [6, 6.07) is 0.346. The fraction of sp³-hybridized carbons (Fsp3) is 0.714. The van der Waals surface area contributed by atoms with E-state index >= 15 is 0 Å². The number of carbonyl (C=O) groups excluding carboxylic acids is 1. The highest BCUT2D eigenvalue weighted by Gasteiger charge is 2.26. The van der Waals surface area contributed by atoms with Crippen LogP contribution in [0.4, 0.5) is 0 Å². The molecule has 1 aliphatic carbocycles. The van der Waals surface area contributed by atoms with Crippen molar-refractivity contribution in [3.63, 3.8) is 0 Å². The van der Waals surface area contributed by atoms with Crippen LogP contribution >= 0.6 is 11.8 Å². The number of carboxylic acids is 1. The van der Waals surface area contributed by atoms with Crippen LogP contribution in [0.25, 0.3) is 0 Å². The van der Waals surface area contributed by atoms with Crippen molar-refractivity contribution in [1.82, 2.24) is 20.1 Å². The Balaban J connectivity index is 1.75. The molecule has 0 saturated heterocycles. The van der Waals surface area contributed by atoms with Gasteiger partial charge in [-0.15, -0.1) is 10.2 Å². The SMILES string of the molecule is CC(C)n1cnnc1SCC(=O)NC1CCC(C(=O)O)CC1. The van der Waals surface area contributed by atoms with Gasteiger partial charge in [0, 0.05) is 12.1 Å². The summed E-state index contributed by atoms with van der Waals surface area (Å²) in [5, 5.41) is 20.6. The summed E-state index contributed by atoms with van der Waals surface area (Å²) >= 11 is 1.37. The number of thioether (sulfide) groups is 1. The zero-order chi connectivity index (χ0) is 16.1. The zero-order valence-electron chi connectivity index (χ0n) is 12.9. The fourth-order valence-corrected chi connectivity index (χ4v) is 3.43. The third kappa shape index (κ3) is 4.46. The molecule has 1 saturated carbocycles. The maximum absolute atomic E-state index is 12.0. The van der Waals surface area contributed by atoms with E-state index in [1.165, 1.54) is 11.8 Å². The highest BCUT2D eigenvalue weighted by Crippen LogP contribution is 2.25. The third-order valence-corrected chi connectivity index (χ3v) is 4.83. The van der Waals surface area contributed by atoms with E-state index < -0.39 is 5.97 Å². The molecule has 0 spiro atoms.